The zero-order chi connectivity index (χ0) is 12.4. The first kappa shape index (κ1) is 13.4. The van der Waals surface area contributed by atoms with Crippen molar-refractivity contribution >= 4 is 23.1 Å². The molecule has 4 heteroatoms. The van der Waals surface area contributed by atoms with E-state index < -0.39 is 0 Å². The summed E-state index contributed by atoms with van der Waals surface area (Å²) < 4.78 is 0. The van der Waals surface area contributed by atoms with Crippen LogP contribution in [0.25, 0.3) is 0 Å². The molecule has 0 aromatic carbocycles. The second kappa shape index (κ2) is 5.74. The van der Waals surface area contributed by atoms with Crippen molar-refractivity contribution in [1.29, 1.82) is 0 Å². The molecule has 0 saturated carbocycles. The lowest BCUT2D eigenvalue weighted by molar-refractivity contribution is 0.130. The number of nitrogens with two attached hydrogens (primary N) is 1. The molecule has 0 spiro atoms. The van der Waals surface area contributed by atoms with Crippen LogP contribution in [0.1, 0.15) is 32.4 Å². The highest BCUT2D eigenvalue weighted by Gasteiger charge is 2.33. The van der Waals surface area contributed by atoms with E-state index in [0.29, 0.717) is 17.3 Å². The van der Waals surface area contributed by atoms with Crippen LogP contribution in [0.4, 0.5) is 0 Å². The molecular formula is C13H22N2S2. The van der Waals surface area contributed by atoms with E-state index in [1.165, 1.54) is 11.3 Å². The summed E-state index contributed by atoms with van der Waals surface area (Å²) in [6.45, 7) is 7.94. The predicted octanol–water partition coefficient (Wildman–Crippen LogP) is 2.96. The third kappa shape index (κ3) is 2.87. The van der Waals surface area contributed by atoms with Gasteiger partial charge in [0.25, 0.3) is 0 Å². The quantitative estimate of drug-likeness (QED) is 0.915. The average Bonchev–Trinajstić information content (AvgIpc) is 2.77. The van der Waals surface area contributed by atoms with Crippen molar-refractivity contribution < 1.29 is 0 Å². The first-order valence-electron chi connectivity index (χ1n) is 6.26. The Morgan fingerprint density at radius 1 is 1.47 bits per heavy atom. The van der Waals surface area contributed by atoms with Gasteiger partial charge < -0.3 is 5.73 Å². The Hall–Kier alpha value is -0.0300. The SMILES string of the molecule is CC(N)C(c1ccsc1)N1CCSC(C)C1C. The van der Waals surface area contributed by atoms with Gasteiger partial charge in [0.2, 0.25) is 0 Å². The van der Waals surface area contributed by atoms with Crippen molar-refractivity contribution in [2.45, 2.75) is 44.1 Å². The summed E-state index contributed by atoms with van der Waals surface area (Å²) >= 11 is 3.84. The van der Waals surface area contributed by atoms with Crippen LogP contribution in [0.2, 0.25) is 0 Å². The van der Waals surface area contributed by atoms with E-state index in [1.807, 2.05) is 0 Å². The van der Waals surface area contributed by atoms with Crippen LogP contribution in [0, 0.1) is 0 Å². The highest BCUT2D eigenvalue weighted by molar-refractivity contribution is 8.00. The molecule has 2 heterocycles. The van der Waals surface area contributed by atoms with Gasteiger partial charge in [-0.05, 0) is 36.2 Å². The summed E-state index contributed by atoms with van der Waals surface area (Å²) in [5, 5.41) is 5.09. The van der Waals surface area contributed by atoms with Gasteiger partial charge in [-0.2, -0.15) is 23.1 Å². The van der Waals surface area contributed by atoms with Crippen molar-refractivity contribution in [2.24, 2.45) is 5.73 Å². The summed E-state index contributed by atoms with van der Waals surface area (Å²) in [7, 11) is 0. The standard InChI is InChI=1S/C13H22N2S2/c1-9(14)13(12-4-6-16-8-12)15-5-7-17-11(3)10(15)2/h4,6,8-11,13H,5,7,14H2,1-3H3. The fourth-order valence-electron chi connectivity index (χ4n) is 2.59. The Kier molecular flexibility index (Phi) is 4.53. The largest absolute Gasteiger partial charge is 0.326 e. The fraction of sp³-hybridized carbons (Fsp3) is 0.692. The molecule has 0 radical (unpaired) electrons. The van der Waals surface area contributed by atoms with Crippen LogP contribution in [0.15, 0.2) is 16.8 Å². The maximum Gasteiger partial charge on any atom is 0.0508 e. The van der Waals surface area contributed by atoms with Gasteiger partial charge in [0.05, 0.1) is 6.04 Å². The predicted molar refractivity (Wildman–Crippen MR) is 78.8 cm³/mol. The second-order valence-corrected chi connectivity index (χ2v) is 7.18. The number of rotatable bonds is 3. The molecule has 2 nitrogen and oxygen atoms in total. The topological polar surface area (TPSA) is 29.3 Å². The lowest BCUT2D eigenvalue weighted by atomic mass is 9.99. The molecule has 1 fully saturated rings. The smallest absolute Gasteiger partial charge is 0.0508 e. The molecule has 96 valence electrons. The van der Waals surface area contributed by atoms with Gasteiger partial charge >= 0.3 is 0 Å². The molecule has 4 atom stereocenters. The van der Waals surface area contributed by atoms with Gasteiger partial charge in [-0.25, -0.2) is 0 Å². The molecule has 17 heavy (non-hydrogen) atoms. The Bertz CT molecular complexity index is 337. The summed E-state index contributed by atoms with van der Waals surface area (Å²) in [5.41, 5.74) is 7.61. The first-order valence-corrected chi connectivity index (χ1v) is 8.25. The monoisotopic (exact) mass is 270 g/mol. The molecule has 0 bridgehead atoms. The van der Waals surface area contributed by atoms with Gasteiger partial charge in [-0.3, -0.25) is 4.90 Å². The first-order chi connectivity index (χ1) is 8.11. The molecule has 2 rings (SSSR count). The lowest BCUT2D eigenvalue weighted by Gasteiger charge is -2.44. The highest BCUT2D eigenvalue weighted by atomic mass is 32.2. The van der Waals surface area contributed by atoms with Crippen LogP contribution < -0.4 is 5.73 Å². The zero-order valence-electron chi connectivity index (χ0n) is 10.8. The molecule has 1 aliphatic rings. The average molecular weight is 270 g/mol. The maximum atomic E-state index is 6.22. The Labute approximate surface area is 113 Å². The van der Waals surface area contributed by atoms with Crippen LogP contribution >= 0.6 is 23.1 Å². The molecule has 1 aromatic heterocycles. The van der Waals surface area contributed by atoms with Gasteiger partial charge in [0.1, 0.15) is 0 Å². The molecule has 1 aliphatic heterocycles. The van der Waals surface area contributed by atoms with Gasteiger partial charge in [0.15, 0.2) is 0 Å². The van der Waals surface area contributed by atoms with Crippen molar-refractivity contribution in [3.8, 4) is 0 Å². The minimum Gasteiger partial charge on any atom is -0.326 e. The summed E-state index contributed by atoms with van der Waals surface area (Å²) in [4.78, 5) is 2.59. The minimum absolute atomic E-state index is 0.183. The number of nitrogens with zero attached hydrogens (tertiary/aromatic N) is 1. The van der Waals surface area contributed by atoms with Crippen molar-refractivity contribution in [3.63, 3.8) is 0 Å². The van der Waals surface area contributed by atoms with E-state index in [4.69, 9.17) is 5.73 Å². The Morgan fingerprint density at radius 2 is 2.24 bits per heavy atom. The number of thioether (sulfide) groups is 1. The van der Waals surface area contributed by atoms with E-state index in [-0.39, 0.29) is 6.04 Å². The molecule has 4 unspecified atom stereocenters. The van der Waals surface area contributed by atoms with E-state index in [2.05, 4.69) is 54.3 Å². The maximum absolute atomic E-state index is 6.22. The molecule has 1 saturated heterocycles. The van der Waals surface area contributed by atoms with Crippen molar-refractivity contribution in [1.82, 2.24) is 4.90 Å². The second-order valence-electron chi connectivity index (χ2n) is 4.91. The molecule has 0 aliphatic carbocycles. The lowest BCUT2D eigenvalue weighted by Crippen LogP contribution is -2.50. The van der Waals surface area contributed by atoms with Crippen molar-refractivity contribution in [3.05, 3.63) is 22.4 Å². The van der Waals surface area contributed by atoms with Crippen LogP contribution in [0.5, 0.6) is 0 Å². The zero-order valence-corrected chi connectivity index (χ0v) is 12.4. The van der Waals surface area contributed by atoms with Gasteiger partial charge in [-0.1, -0.05) is 6.92 Å². The van der Waals surface area contributed by atoms with Crippen LogP contribution in [-0.4, -0.2) is 34.5 Å². The summed E-state index contributed by atoms with van der Waals surface area (Å²) in [6, 6.07) is 3.38. The van der Waals surface area contributed by atoms with Gasteiger partial charge in [0, 0.05) is 29.6 Å². The van der Waals surface area contributed by atoms with Crippen molar-refractivity contribution in [2.75, 3.05) is 12.3 Å². The molecule has 1 aromatic rings. The molecule has 0 amide bonds. The Morgan fingerprint density at radius 3 is 2.82 bits per heavy atom. The van der Waals surface area contributed by atoms with E-state index in [9.17, 15) is 0 Å². The Balaban J connectivity index is 2.21. The summed E-state index contributed by atoms with van der Waals surface area (Å²) in [6.07, 6.45) is 0. The molecule has 2 N–H and O–H groups in total. The molecular weight excluding hydrogens is 248 g/mol. The van der Waals surface area contributed by atoms with Gasteiger partial charge in [-0.15, -0.1) is 0 Å². The van der Waals surface area contributed by atoms with E-state index >= 15 is 0 Å². The van der Waals surface area contributed by atoms with E-state index in [1.54, 1.807) is 11.3 Å². The third-order valence-electron chi connectivity index (χ3n) is 3.67. The minimum atomic E-state index is 0.183. The normalized spacial score (nSPS) is 30.1. The number of hydrogen-bond donors (Lipinski definition) is 1. The summed E-state index contributed by atoms with van der Waals surface area (Å²) in [5.74, 6) is 1.22. The highest BCUT2D eigenvalue weighted by Crippen LogP contribution is 2.33. The van der Waals surface area contributed by atoms with Crippen LogP contribution in [-0.2, 0) is 0 Å². The van der Waals surface area contributed by atoms with E-state index in [0.717, 1.165) is 6.54 Å². The number of hydrogen-bond acceptors (Lipinski definition) is 4. The van der Waals surface area contributed by atoms with Crippen LogP contribution in [0.3, 0.4) is 0 Å². The fourth-order valence-corrected chi connectivity index (χ4v) is 4.40. The third-order valence-corrected chi connectivity index (χ3v) is 5.71. The number of thiophene rings is 1.